The van der Waals surface area contributed by atoms with E-state index in [0.717, 1.165) is 0 Å². The third-order valence-corrected chi connectivity index (χ3v) is 4.15. The van der Waals surface area contributed by atoms with Crippen molar-refractivity contribution in [3.05, 3.63) is 0 Å². The van der Waals surface area contributed by atoms with Crippen molar-refractivity contribution in [1.29, 1.82) is 21.0 Å². The van der Waals surface area contributed by atoms with Crippen molar-refractivity contribution in [2.45, 2.75) is 26.1 Å². The van der Waals surface area contributed by atoms with Crippen molar-refractivity contribution in [2.75, 3.05) is 14.2 Å². The Bertz CT molecular complexity index is 521. The van der Waals surface area contributed by atoms with Crippen molar-refractivity contribution in [2.24, 2.45) is 16.2 Å². The van der Waals surface area contributed by atoms with E-state index in [1.54, 1.807) is 13.8 Å². The lowest BCUT2D eigenvalue weighted by Crippen LogP contribution is -2.53. The molecule has 0 bridgehead atoms. The molecule has 0 atom stereocenters. The molecule has 6 nitrogen and oxygen atoms in total. The Morgan fingerprint density at radius 2 is 1.16 bits per heavy atom. The van der Waals surface area contributed by atoms with Crippen molar-refractivity contribution in [3.63, 3.8) is 0 Å². The average Bonchev–Trinajstić information content (AvgIpc) is 2.59. The number of hydrogen-bond acceptors (Lipinski definition) is 6. The SMILES string of the molecule is COC1(OC)CC(C)(C)C(C#N)(C#N)C1(C#N)C#N. The van der Waals surface area contributed by atoms with Crippen LogP contribution in [0.1, 0.15) is 20.3 Å². The minimum atomic E-state index is -2.02. The van der Waals surface area contributed by atoms with Crippen molar-refractivity contribution in [1.82, 2.24) is 0 Å². The molecule has 1 aliphatic carbocycles. The van der Waals surface area contributed by atoms with E-state index in [1.165, 1.54) is 14.2 Å². The molecule has 6 heteroatoms. The van der Waals surface area contributed by atoms with Gasteiger partial charge in [-0.15, -0.1) is 0 Å². The summed E-state index contributed by atoms with van der Waals surface area (Å²) in [4.78, 5) is 0. The van der Waals surface area contributed by atoms with Gasteiger partial charge in [0.15, 0.2) is 5.41 Å². The first kappa shape index (κ1) is 14.9. The molecule has 98 valence electrons. The van der Waals surface area contributed by atoms with Crippen LogP contribution in [0.2, 0.25) is 0 Å². The zero-order valence-electron chi connectivity index (χ0n) is 11.3. The Balaban J connectivity index is 3.86. The van der Waals surface area contributed by atoms with Gasteiger partial charge in [0.25, 0.3) is 0 Å². The second kappa shape index (κ2) is 4.22. The average molecular weight is 258 g/mol. The predicted octanol–water partition coefficient (Wildman–Crippen LogP) is 1.47. The summed E-state index contributed by atoms with van der Waals surface area (Å²) >= 11 is 0. The molecule has 19 heavy (non-hydrogen) atoms. The van der Waals surface area contributed by atoms with Crippen LogP contribution in [-0.4, -0.2) is 20.0 Å². The molecule has 1 rings (SSSR count). The highest BCUT2D eigenvalue weighted by Crippen LogP contribution is 2.67. The summed E-state index contributed by atoms with van der Waals surface area (Å²) in [6, 6.07) is 7.36. The Morgan fingerprint density at radius 1 is 0.789 bits per heavy atom. The number of nitrogens with zero attached hydrogens (tertiary/aromatic N) is 4. The summed E-state index contributed by atoms with van der Waals surface area (Å²) in [6.07, 6.45) is 0.0925. The zero-order valence-corrected chi connectivity index (χ0v) is 11.3. The first-order chi connectivity index (χ1) is 8.82. The highest BCUT2D eigenvalue weighted by Gasteiger charge is 2.79. The van der Waals surface area contributed by atoms with Gasteiger partial charge in [-0.25, -0.2) is 0 Å². The van der Waals surface area contributed by atoms with Gasteiger partial charge in [-0.3, -0.25) is 0 Å². The Morgan fingerprint density at radius 3 is 1.42 bits per heavy atom. The summed E-state index contributed by atoms with van der Waals surface area (Å²) in [5, 5.41) is 38.0. The third kappa shape index (κ3) is 1.28. The molecule has 1 saturated carbocycles. The topological polar surface area (TPSA) is 114 Å². The first-order valence-electron chi connectivity index (χ1n) is 5.58. The van der Waals surface area contributed by atoms with Gasteiger partial charge in [-0.1, -0.05) is 13.8 Å². The molecule has 1 fully saturated rings. The summed E-state index contributed by atoms with van der Waals surface area (Å²) in [5.41, 5.74) is -4.79. The monoisotopic (exact) mass is 258 g/mol. The van der Waals surface area contributed by atoms with Crippen molar-refractivity contribution in [3.8, 4) is 24.3 Å². The van der Waals surface area contributed by atoms with E-state index >= 15 is 0 Å². The summed E-state index contributed by atoms with van der Waals surface area (Å²) in [7, 11) is 2.60. The quantitative estimate of drug-likeness (QED) is 0.693. The molecular weight excluding hydrogens is 244 g/mol. The van der Waals surface area contributed by atoms with Gasteiger partial charge in [0, 0.05) is 26.1 Å². The van der Waals surface area contributed by atoms with Crippen LogP contribution in [0.3, 0.4) is 0 Å². The fourth-order valence-corrected chi connectivity index (χ4v) is 3.03. The van der Waals surface area contributed by atoms with Crippen LogP contribution in [-0.2, 0) is 9.47 Å². The standard InChI is InChI=1S/C13H14N4O2/c1-10(2)5-13(18-3,19-4)12(8-16,9-17)11(10,6-14)7-15/h5H2,1-4H3. The molecule has 1 aliphatic rings. The molecule has 0 aliphatic heterocycles. The fraction of sp³-hybridized carbons (Fsp3) is 0.692. The van der Waals surface area contributed by atoms with Gasteiger partial charge in [0.2, 0.25) is 11.2 Å². The molecule has 0 radical (unpaired) electrons. The van der Waals surface area contributed by atoms with Crippen molar-refractivity contribution < 1.29 is 9.47 Å². The molecule has 0 spiro atoms. The van der Waals surface area contributed by atoms with Crippen LogP contribution in [0.25, 0.3) is 0 Å². The number of methoxy groups -OCH3 is 2. The van der Waals surface area contributed by atoms with E-state index in [-0.39, 0.29) is 6.42 Å². The van der Waals surface area contributed by atoms with Gasteiger partial charge in [-0.05, 0) is 0 Å². The maximum Gasteiger partial charge on any atom is 0.228 e. The highest BCUT2D eigenvalue weighted by molar-refractivity contribution is 5.45. The predicted molar refractivity (Wildman–Crippen MR) is 62.5 cm³/mol. The number of ether oxygens (including phenoxy) is 2. The zero-order chi connectivity index (χ0) is 14.9. The number of nitriles is 4. The number of hydrogen-bond donors (Lipinski definition) is 0. The summed E-state index contributed by atoms with van der Waals surface area (Å²) < 4.78 is 10.5. The molecule has 0 unspecified atom stereocenters. The normalized spacial score (nSPS) is 24.4. The Labute approximate surface area is 112 Å². The van der Waals surface area contributed by atoms with Crippen LogP contribution in [0.4, 0.5) is 0 Å². The van der Waals surface area contributed by atoms with Crippen LogP contribution < -0.4 is 0 Å². The van der Waals surface area contributed by atoms with E-state index in [0.29, 0.717) is 0 Å². The molecule has 0 aromatic heterocycles. The van der Waals surface area contributed by atoms with E-state index in [1.807, 2.05) is 24.3 Å². The molecular formula is C13H14N4O2. The van der Waals surface area contributed by atoms with Gasteiger partial charge in [0.05, 0.1) is 24.3 Å². The minimum Gasteiger partial charge on any atom is -0.351 e. The van der Waals surface area contributed by atoms with Gasteiger partial charge in [-0.2, -0.15) is 21.0 Å². The smallest absolute Gasteiger partial charge is 0.228 e. The van der Waals surface area contributed by atoms with Gasteiger partial charge >= 0.3 is 0 Å². The second-order valence-corrected chi connectivity index (χ2v) is 5.17. The molecule has 0 saturated heterocycles. The lowest BCUT2D eigenvalue weighted by atomic mass is 9.59. The maximum absolute atomic E-state index is 9.51. The molecule has 0 amide bonds. The van der Waals surface area contributed by atoms with Crippen LogP contribution >= 0.6 is 0 Å². The summed E-state index contributed by atoms with van der Waals surface area (Å²) in [6.45, 7) is 3.31. The van der Waals surface area contributed by atoms with Crippen LogP contribution in [0.15, 0.2) is 0 Å². The molecule has 0 N–H and O–H groups in total. The summed E-state index contributed by atoms with van der Waals surface area (Å²) in [5.74, 6) is -1.61. The minimum absolute atomic E-state index is 0.0925. The molecule has 0 aromatic rings. The third-order valence-electron chi connectivity index (χ3n) is 4.15. The second-order valence-electron chi connectivity index (χ2n) is 5.17. The van der Waals surface area contributed by atoms with Crippen molar-refractivity contribution >= 4 is 0 Å². The van der Waals surface area contributed by atoms with E-state index < -0.39 is 22.0 Å². The van der Waals surface area contributed by atoms with Crippen LogP contribution in [0.5, 0.6) is 0 Å². The maximum atomic E-state index is 9.51. The van der Waals surface area contributed by atoms with Gasteiger partial charge in [0.1, 0.15) is 0 Å². The number of rotatable bonds is 2. The van der Waals surface area contributed by atoms with E-state index in [2.05, 4.69) is 0 Å². The molecule has 0 heterocycles. The fourth-order valence-electron chi connectivity index (χ4n) is 3.03. The lowest BCUT2D eigenvalue weighted by molar-refractivity contribution is -0.240. The highest BCUT2D eigenvalue weighted by atomic mass is 16.7. The van der Waals surface area contributed by atoms with Crippen LogP contribution in [0, 0.1) is 61.6 Å². The van der Waals surface area contributed by atoms with Gasteiger partial charge < -0.3 is 9.47 Å². The Kier molecular flexibility index (Phi) is 3.31. The largest absolute Gasteiger partial charge is 0.351 e. The van der Waals surface area contributed by atoms with E-state index in [9.17, 15) is 21.0 Å². The molecule has 0 aromatic carbocycles. The lowest BCUT2D eigenvalue weighted by Gasteiger charge is -2.37. The Hall–Kier alpha value is -2.12. The first-order valence-corrected chi connectivity index (χ1v) is 5.58. The van der Waals surface area contributed by atoms with E-state index in [4.69, 9.17) is 9.47 Å².